The molecule has 2 aromatic rings. The Morgan fingerprint density at radius 3 is 2.72 bits per heavy atom. The van der Waals surface area contributed by atoms with Gasteiger partial charge in [0.15, 0.2) is 5.84 Å². The molecule has 0 saturated carbocycles. The number of fused-ring (bicyclic) bond motifs is 2. The number of aliphatic hydroxyl groups excluding tert-OH is 1. The largest absolute Gasteiger partial charge is 0.396 e. The first-order valence-electron chi connectivity index (χ1n) is 9.58. The number of hydrogen-bond donors (Lipinski definition) is 2. The minimum Gasteiger partial charge on any atom is -0.396 e. The molecule has 2 N–H and O–H groups in total. The highest BCUT2D eigenvalue weighted by Gasteiger charge is 2.31. The van der Waals surface area contributed by atoms with Crippen LogP contribution in [0.2, 0.25) is 0 Å². The van der Waals surface area contributed by atoms with Crippen LogP contribution < -0.4 is 5.32 Å². The summed E-state index contributed by atoms with van der Waals surface area (Å²) in [6, 6.07) is 8.49. The number of benzene rings is 1. The van der Waals surface area contributed by atoms with Crippen LogP contribution in [0.25, 0.3) is 0 Å². The molecule has 160 valence electrons. The standard InChI is InChI=1S/C20H27N5OS.2ClH/c1-13(2)19-23-17-18(25-10-9-24(3)14(12-25)8-11-26)21-15-6-4-5-7-16(15)22-20(17)27-19;;/h4-7,13-14,22,26H,8-12H2,1-3H3;2*1H. The normalized spacial score (nSPS) is 18.6. The van der Waals surface area contributed by atoms with E-state index in [0.717, 1.165) is 59.0 Å². The molecule has 2 aliphatic rings. The van der Waals surface area contributed by atoms with Gasteiger partial charge in [-0.05, 0) is 25.6 Å². The Kier molecular flexibility index (Phi) is 8.31. The van der Waals surface area contributed by atoms with Crippen molar-refractivity contribution in [2.24, 2.45) is 4.99 Å². The number of para-hydroxylation sites is 2. The monoisotopic (exact) mass is 457 g/mol. The minimum atomic E-state index is 0. The number of thiazole rings is 1. The van der Waals surface area contributed by atoms with E-state index in [4.69, 9.17) is 9.98 Å². The maximum atomic E-state index is 9.43. The molecule has 1 saturated heterocycles. The maximum Gasteiger partial charge on any atom is 0.158 e. The summed E-state index contributed by atoms with van der Waals surface area (Å²) in [5, 5.41) is 15.2. The number of nitrogens with zero attached hydrogens (tertiary/aromatic N) is 4. The predicted molar refractivity (Wildman–Crippen MR) is 126 cm³/mol. The van der Waals surface area contributed by atoms with Crippen molar-refractivity contribution in [2.45, 2.75) is 32.2 Å². The van der Waals surface area contributed by atoms with Gasteiger partial charge in [-0.3, -0.25) is 4.90 Å². The fourth-order valence-corrected chi connectivity index (χ4v) is 4.58. The summed E-state index contributed by atoms with van der Waals surface area (Å²) in [7, 11) is 2.13. The maximum absolute atomic E-state index is 9.43. The average molecular weight is 458 g/mol. The van der Waals surface area contributed by atoms with Gasteiger partial charge in [-0.2, -0.15) is 0 Å². The smallest absolute Gasteiger partial charge is 0.158 e. The van der Waals surface area contributed by atoms with Crippen molar-refractivity contribution in [1.29, 1.82) is 0 Å². The van der Waals surface area contributed by atoms with Crippen LogP contribution in [-0.4, -0.2) is 65.1 Å². The summed E-state index contributed by atoms with van der Waals surface area (Å²) in [4.78, 5) is 14.7. The lowest BCUT2D eigenvalue weighted by molar-refractivity contribution is 0.115. The highest BCUT2D eigenvalue weighted by Crippen LogP contribution is 2.39. The van der Waals surface area contributed by atoms with Gasteiger partial charge in [0, 0.05) is 38.2 Å². The molecule has 29 heavy (non-hydrogen) atoms. The molecule has 0 aliphatic carbocycles. The molecule has 0 spiro atoms. The highest BCUT2D eigenvalue weighted by atomic mass is 35.5. The lowest BCUT2D eigenvalue weighted by Gasteiger charge is -2.40. The lowest BCUT2D eigenvalue weighted by atomic mass is 10.1. The molecule has 0 amide bonds. The molecular formula is C20H29Cl2N5OS. The molecule has 0 bridgehead atoms. The number of nitrogens with one attached hydrogen (secondary N) is 1. The summed E-state index contributed by atoms with van der Waals surface area (Å²) in [6.07, 6.45) is 0.774. The molecule has 1 aromatic heterocycles. The second-order valence-electron chi connectivity index (χ2n) is 7.55. The van der Waals surface area contributed by atoms with Gasteiger partial charge in [0.1, 0.15) is 10.7 Å². The fourth-order valence-electron chi connectivity index (χ4n) is 3.61. The van der Waals surface area contributed by atoms with E-state index >= 15 is 0 Å². The van der Waals surface area contributed by atoms with Crippen LogP contribution in [0.4, 0.5) is 16.4 Å². The molecule has 2 aliphatic heterocycles. The number of aromatic nitrogens is 1. The van der Waals surface area contributed by atoms with E-state index in [1.165, 1.54) is 0 Å². The van der Waals surface area contributed by atoms with Crippen molar-refractivity contribution in [3.8, 4) is 0 Å². The SMILES string of the molecule is CC(C)c1nc2c(s1)Nc1ccccc1N=C2N1CCN(C)C(CCO)C1.Cl.Cl. The van der Waals surface area contributed by atoms with E-state index in [9.17, 15) is 5.11 Å². The molecular weight excluding hydrogens is 429 g/mol. The molecule has 1 fully saturated rings. The Morgan fingerprint density at radius 1 is 1.24 bits per heavy atom. The van der Waals surface area contributed by atoms with Gasteiger partial charge >= 0.3 is 0 Å². The zero-order valence-electron chi connectivity index (χ0n) is 17.0. The Labute approximate surface area is 188 Å². The van der Waals surface area contributed by atoms with Gasteiger partial charge < -0.3 is 15.3 Å². The summed E-state index contributed by atoms with van der Waals surface area (Å²) in [5.74, 6) is 1.33. The first-order chi connectivity index (χ1) is 13.1. The van der Waals surface area contributed by atoms with Gasteiger partial charge in [-0.1, -0.05) is 26.0 Å². The van der Waals surface area contributed by atoms with E-state index in [0.29, 0.717) is 12.0 Å². The first kappa shape index (κ1) is 23.9. The number of likely N-dealkylation sites (N-methyl/N-ethyl adjacent to an activating group) is 1. The third-order valence-electron chi connectivity index (χ3n) is 5.27. The van der Waals surface area contributed by atoms with Gasteiger partial charge in [-0.25, -0.2) is 9.98 Å². The van der Waals surface area contributed by atoms with E-state index in [1.807, 2.05) is 18.2 Å². The van der Waals surface area contributed by atoms with Crippen molar-refractivity contribution in [2.75, 3.05) is 38.6 Å². The number of amidine groups is 1. The number of halogens is 2. The second-order valence-corrected chi connectivity index (χ2v) is 8.59. The van der Waals surface area contributed by atoms with Crippen LogP contribution in [-0.2, 0) is 0 Å². The quantitative estimate of drug-likeness (QED) is 0.720. The summed E-state index contributed by atoms with van der Waals surface area (Å²) in [6.45, 7) is 7.28. The van der Waals surface area contributed by atoms with E-state index in [2.05, 4.69) is 42.1 Å². The van der Waals surface area contributed by atoms with Crippen LogP contribution in [0.15, 0.2) is 29.3 Å². The predicted octanol–water partition coefficient (Wildman–Crippen LogP) is 4.24. The highest BCUT2D eigenvalue weighted by molar-refractivity contribution is 7.16. The van der Waals surface area contributed by atoms with E-state index < -0.39 is 0 Å². The second kappa shape index (κ2) is 10.1. The van der Waals surface area contributed by atoms with Gasteiger partial charge in [0.05, 0.1) is 16.4 Å². The molecule has 1 aromatic carbocycles. The molecule has 6 nitrogen and oxygen atoms in total. The van der Waals surface area contributed by atoms with Crippen LogP contribution >= 0.6 is 36.2 Å². The summed E-state index contributed by atoms with van der Waals surface area (Å²) < 4.78 is 0. The van der Waals surface area contributed by atoms with E-state index in [-0.39, 0.29) is 31.4 Å². The van der Waals surface area contributed by atoms with Crippen molar-refractivity contribution in [3.63, 3.8) is 0 Å². The van der Waals surface area contributed by atoms with Crippen LogP contribution in [0, 0.1) is 0 Å². The molecule has 4 rings (SSSR count). The molecule has 1 atom stereocenters. The zero-order valence-corrected chi connectivity index (χ0v) is 19.4. The van der Waals surface area contributed by atoms with Crippen LogP contribution in [0.1, 0.15) is 36.9 Å². The van der Waals surface area contributed by atoms with Crippen LogP contribution in [0.3, 0.4) is 0 Å². The fraction of sp³-hybridized carbons (Fsp3) is 0.500. The molecule has 3 heterocycles. The Bertz CT molecular complexity index is 857. The Hall–Kier alpha value is -1.38. The van der Waals surface area contributed by atoms with Crippen molar-refractivity contribution >= 4 is 58.4 Å². The molecule has 0 radical (unpaired) electrons. The number of piperazine rings is 1. The van der Waals surface area contributed by atoms with Gasteiger partial charge in [0.25, 0.3) is 0 Å². The van der Waals surface area contributed by atoms with Gasteiger partial charge in [0.2, 0.25) is 0 Å². The number of rotatable bonds is 3. The Morgan fingerprint density at radius 2 is 2.00 bits per heavy atom. The van der Waals surface area contributed by atoms with Crippen molar-refractivity contribution < 1.29 is 5.11 Å². The minimum absolute atomic E-state index is 0. The van der Waals surface area contributed by atoms with Crippen molar-refractivity contribution in [3.05, 3.63) is 35.0 Å². The van der Waals surface area contributed by atoms with Gasteiger partial charge in [-0.15, -0.1) is 36.2 Å². The summed E-state index contributed by atoms with van der Waals surface area (Å²) >= 11 is 1.72. The molecule has 1 unspecified atom stereocenters. The number of anilines is 2. The Balaban J connectivity index is 0.00000150. The van der Waals surface area contributed by atoms with Crippen LogP contribution in [0.5, 0.6) is 0 Å². The number of aliphatic hydroxyl groups is 1. The third kappa shape index (κ3) is 4.86. The average Bonchev–Trinajstić information content (AvgIpc) is 3.00. The lowest BCUT2D eigenvalue weighted by Crippen LogP contribution is -2.53. The van der Waals surface area contributed by atoms with E-state index in [1.54, 1.807) is 11.3 Å². The zero-order chi connectivity index (χ0) is 19.0. The molecule has 9 heteroatoms. The third-order valence-corrected chi connectivity index (χ3v) is 6.54. The first-order valence-corrected chi connectivity index (χ1v) is 10.4. The topological polar surface area (TPSA) is 64.0 Å². The summed E-state index contributed by atoms with van der Waals surface area (Å²) in [5.41, 5.74) is 2.92. The van der Waals surface area contributed by atoms with Crippen molar-refractivity contribution in [1.82, 2.24) is 14.8 Å². The number of aliphatic imine (C=N–C) groups is 1. The number of hydrogen-bond acceptors (Lipinski definition) is 7.